The molecule has 0 saturated carbocycles. The summed E-state index contributed by atoms with van der Waals surface area (Å²) in [5.74, 6) is -0.142. The number of benzene rings is 1. The van der Waals surface area contributed by atoms with E-state index in [1.165, 1.54) is 12.3 Å². The largest absolute Gasteiger partial charge is 0.459 e. The molecule has 2 heterocycles. The lowest BCUT2D eigenvalue weighted by molar-refractivity contribution is 0.0912. The van der Waals surface area contributed by atoms with Crippen LogP contribution in [0.25, 0.3) is 0 Å². The Balaban J connectivity index is 1.99. The first kappa shape index (κ1) is 14.1. The Morgan fingerprint density at radius 1 is 1.32 bits per heavy atom. The summed E-state index contributed by atoms with van der Waals surface area (Å²) in [5, 5.41) is 2.76. The van der Waals surface area contributed by atoms with Crippen molar-refractivity contribution in [3.8, 4) is 0 Å². The van der Waals surface area contributed by atoms with Gasteiger partial charge < -0.3 is 14.3 Å². The molecule has 0 aliphatic heterocycles. The zero-order valence-corrected chi connectivity index (χ0v) is 11.9. The molecule has 112 valence electrons. The van der Waals surface area contributed by atoms with E-state index < -0.39 is 17.8 Å². The SMILES string of the molecule is Cn1ccnc1C(NC(=O)c1ccco1)c1ccccc1F. The highest BCUT2D eigenvalue weighted by Gasteiger charge is 2.24. The lowest BCUT2D eigenvalue weighted by Crippen LogP contribution is -2.31. The molecule has 1 aromatic carbocycles. The molecule has 3 rings (SSSR count). The van der Waals surface area contributed by atoms with Crippen LogP contribution >= 0.6 is 0 Å². The van der Waals surface area contributed by atoms with E-state index in [1.807, 2.05) is 0 Å². The highest BCUT2D eigenvalue weighted by Crippen LogP contribution is 2.23. The van der Waals surface area contributed by atoms with Gasteiger partial charge in [-0.15, -0.1) is 0 Å². The number of amides is 1. The Labute approximate surface area is 126 Å². The van der Waals surface area contributed by atoms with Gasteiger partial charge in [-0.25, -0.2) is 9.37 Å². The maximum absolute atomic E-state index is 14.1. The number of aromatic nitrogens is 2. The number of aryl methyl sites for hydroxylation is 1. The van der Waals surface area contributed by atoms with Crippen molar-refractivity contribution in [2.75, 3.05) is 0 Å². The quantitative estimate of drug-likeness (QED) is 0.805. The van der Waals surface area contributed by atoms with E-state index in [9.17, 15) is 9.18 Å². The van der Waals surface area contributed by atoms with Crippen molar-refractivity contribution in [2.24, 2.45) is 7.05 Å². The van der Waals surface area contributed by atoms with Gasteiger partial charge in [0.1, 0.15) is 17.7 Å². The molecule has 0 aliphatic rings. The van der Waals surface area contributed by atoms with Crippen molar-refractivity contribution in [1.82, 2.24) is 14.9 Å². The molecule has 2 aromatic heterocycles. The third kappa shape index (κ3) is 2.63. The van der Waals surface area contributed by atoms with Gasteiger partial charge in [0.25, 0.3) is 5.91 Å². The van der Waals surface area contributed by atoms with E-state index in [4.69, 9.17) is 4.42 Å². The van der Waals surface area contributed by atoms with E-state index in [2.05, 4.69) is 10.3 Å². The molecule has 0 radical (unpaired) electrons. The molecule has 22 heavy (non-hydrogen) atoms. The molecule has 0 aliphatic carbocycles. The minimum absolute atomic E-state index is 0.163. The fourth-order valence-electron chi connectivity index (χ4n) is 2.26. The summed E-state index contributed by atoms with van der Waals surface area (Å²) in [6.07, 6.45) is 4.75. The lowest BCUT2D eigenvalue weighted by atomic mass is 10.1. The highest BCUT2D eigenvalue weighted by atomic mass is 19.1. The van der Waals surface area contributed by atoms with Crippen molar-refractivity contribution in [1.29, 1.82) is 0 Å². The molecule has 6 heteroatoms. The first-order chi connectivity index (χ1) is 10.7. The minimum atomic E-state index is -0.709. The monoisotopic (exact) mass is 299 g/mol. The van der Waals surface area contributed by atoms with Crippen LogP contribution in [0.5, 0.6) is 0 Å². The molecular formula is C16H14FN3O2. The Morgan fingerprint density at radius 2 is 2.14 bits per heavy atom. The predicted octanol–water partition coefficient (Wildman–Crippen LogP) is 2.67. The maximum Gasteiger partial charge on any atom is 0.287 e. The number of carbonyl (C=O) groups excluding carboxylic acids is 1. The molecule has 1 unspecified atom stereocenters. The molecule has 0 saturated heterocycles. The number of rotatable bonds is 4. The lowest BCUT2D eigenvalue weighted by Gasteiger charge is -2.19. The first-order valence-corrected chi connectivity index (χ1v) is 6.73. The van der Waals surface area contributed by atoms with E-state index in [1.54, 1.807) is 54.3 Å². The molecule has 0 spiro atoms. The predicted molar refractivity (Wildman–Crippen MR) is 77.6 cm³/mol. The topological polar surface area (TPSA) is 60.1 Å². The second-order valence-corrected chi connectivity index (χ2v) is 4.80. The number of halogens is 1. The maximum atomic E-state index is 14.1. The van der Waals surface area contributed by atoms with Crippen LogP contribution in [-0.4, -0.2) is 15.5 Å². The average Bonchev–Trinajstić information content (AvgIpc) is 3.17. The zero-order valence-electron chi connectivity index (χ0n) is 11.9. The van der Waals surface area contributed by atoms with Crippen LogP contribution in [-0.2, 0) is 7.05 Å². The van der Waals surface area contributed by atoms with Gasteiger partial charge in [-0.2, -0.15) is 0 Å². The van der Waals surface area contributed by atoms with Crippen molar-refractivity contribution in [3.05, 3.63) is 78.0 Å². The van der Waals surface area contributed by atoms with E-state index in [-0.39, 0.29) is 5.76 Å². The first-order valence-electron chi connectivity index (χ1n) is 6.73. The second kappa shape index (κ2) is 5.85. The summed E-state index contributed by atoms with van der Waals surface area (Å²) in [6.45, 7) is 0. The van der Waals surface area contributed by atoms with Crippen molar-refractivity contribution >= 4 is 5.91 Å². The molecule has 1 N–H and O–H groups in total. The summed E-state index contributed by atoms with van der Waals surface area (Å²) in [6, 6.07) is 8.75. The van der Waals surface area contributed by atoms with Crippen LogP contribution in [0.2, 0.25) is 0 Å². The standard InChI is InChI=1S/C16H14FN3O2/c1-20-9-8-18-15(20)14(11-5-2-3-6-12(11)17)19-16(21)13-7-4-10-22-13/h2-10,14H,1H3,(H,19,21). The molecule has 1 atom stereocenters. The third-order valence-corrected chi connectivity index (χ3v) is 3.35. The number of hydrogen-bond donors (Lipinski definition) is 1. The Hall–Kier alpha value is -2.89. The van der Waals surface area contributed by atoms with Gasteiger partial charge in [0.15, 0.2) is 5.76 Å². The van der Waals surface area contributed by atoms with Crippen molar-refractivity contribution < 1.29 is 13.6 Å². The Morgan fingerprint density at radius 3 is 2.77 bits per heavy atom. The number of nitrogens with zero attached hydrogens (tertiary/aromatic N) is 2. The molecule has 0 fully saturated rings. The Bertz CT molecular complexity index is 780. The van der Waals surface area contributed by atoms with Gasteiger partial charge in [-0.3, -0.25) is 4.79 Å². The van der Waals surface area contributed by atoms with Gasteiger partial charge in [-0.05, 0) is 18.2 Å². The number of nitrogens with one attached hydrogen (secondary N) is 1. The summed E-state index contributed by atoms with van der Waals surface area (Å²) in [5.41, 5.74) is 0.344. The van der Waals surface area contributed by atoms with Gasteiger partial charge in [0.2, 0.25) is 0 Å². The molecule has 1 amide bonds. The smallest absolute Gasteiger partial charge is 0.287 e. The molecular weight excluding hydrogens is 285 g/mol. The van der Waals surface area contributed by atoms with Crippen molar-refractivity contribution in [3.63, 3.8) is 0 Å². The van der Waals surface area contributed by atoms with Gasteiger partial charge in [0, 0.05) is 25.0 Å². The van der Waals surface area contributed by atoms with Crippen LogP contribution in [0.3, 0.4) is 0 Å². The molecule has 5 nitrogen and oxygen atoms in total. The minimum Gasteiger partial charge on any atom is -0.459 e. The summed E-state index contributed by atoms with van der Waals surface area (Å²) in [4.78, 5) is 16.5. The van der Waals surface area contributed by atoms with Crippen LogP contribution in [0.1, 0.15) is 28.0 Å². The fourth-order valence-corrected chi connectivity index (χ4v) is 2.26. The van der Waals surface area contributed by atoms with Crippen LogP contribution in [0.4, 0.5) is 4.39 Å². The zero-order chi connectivity index (χ0) is 15.5. The summed E-state index contributed by atoms with van der Waals surface area (Å²) < 4.78 is 21.0. The van der Waals surface area contributed by atoms with Gasteiger partial charge in [-0.1, -0.05) is 18.2 Å². The van der Waals surface area contributed by atoms with Crippen LogP contribution in [0, 0.1) is 5.82 Å². The van der Waals surface area contributed by atoms with Crippen molar-refractivity contribution in [2.45, 2.75) is 6.04 Å². The Kier molecular flexibility index (Phi) is 3.74. The fraction of sp³-hybridized carbons (Fsp3) is 0.125. The van der Waals surface area contributed by atoms with Crippen LogP contribution in [0.15, 0.2) is 59.5 Å². The third-order valence-electron chi connectivity index (χ3n) is 3.35. The average molecular weight is 299 g/mol. The number of hydrogen-bond acceptors (Lipinski definition) is 3. The number of imidazole rings is 1. The van der Waals surface area contributed by atoms with Gasteiger partial charge in [0.05, 0.1) is 6.26 Å². The number of furan rings is 1. The van der Waals surface area contributed by atoms with E-state index >= 15 is 0 Å². The molecule has 3 aromatic rings. The summed E-state index contributed by atoms with van der Waals surface area (Å²) >= 11 is 0. The summed E-state index contributed by atoms with van der Waals surface area (Å²) in [7, 11) is 1.79. The number of carbonyl (C=O) groups is 1. The second-order valence-electron chi connectivity index (χ2n) is 4.80. The molecule has 0 bridgehead atoms. The van der Waals surface area contributed by atoms with E-state index in [0.29, 0.717) is 11.4 Å². The van der Waals surface area contributed by atoms with Gasteiger partial charge >= 0.3 is 0 Å². The normalized spacial score (nSPS) is 12.1. The van der Waals surface area contributed by atoms with E-state index in [0.717, 1.165) is 0 Å². The van der Waals surface area contributed by atoms with Crippen LogP contribution < -0.4 is 5.32 Å². The highest BCUT2D eigenvalue weighted by molar-refractivity contribution is 5.91.